The minimum absolute atomic E-state index is 0.0500. The topological polar surface area (TPSA) is 44.8 Å². The molecule has 0 aliphatic heterocycles. The highest BCUT2D eigenvalue weighted by atomic mass is 16.7. The van der Waals surface area contributed by atoms with Crippen molar-refractivity contribution in [2.24, 2.45) is 0 Å². The normalized spacial score (nSPS) is 11.1. The minimum Gasteiger partial charge on any atom is -0.377 e. The molecule has 0 aliphatic carbocycles. The van der Waals surface area contributed by atoms with Crippen LogP contribution >= 0.6 is 0 Å². The van der Waals surface area contributed by atoms with E-state index in [2.05, 4.69) is 12.1 Å². The quantitative estimate of drug-likeness (QED) is 0.382. The fourth-order valence-electron chi connectivity index (χ4n) is 2.28. The Morgan fingerprint density at radius 2 is 1.61 bits per heavy atom. The maximum Gasteiger partial charge on any atom is 0.217 e. The molecule has 1 rings (SSSR count). The average molecular weight is 322 g/mol. The van der Waals surface area contributed by atoms with E-state index < -0.39 is 6.29 Å². The second-order valence-corrected chi connectivity index (χ2v) is 5.41. The molecule has 130 valence electrons. The zero-order valence-electron chi connectivity index (χ0n) is 14.5. The van der Waals surface area contributed by atoms with E-state index in [0.717, 1.165) is 32.3 Å². The number of hydrogen-bond acceptors (Lipinski definition) is 4. The molecule has 0 aromatic heterocycles. The highest BCUT2D eigenvalue weighted by molar-refractivity contribution is 5.81. The molecule has 4 nitrogen and oxygen atoms in total. The molecular formula is C19H30O4. The number of benzene rings is 1. The van der Waals surface area contributed by atoms with E-state index in [-0.39, 0.29) is 5.78 Å². The number of Topliss-reactive ketones (excluding diaryl/α,β-unsaturated/α-hetero) is 1. The van der Waals surface area contributed by atoms with Crippen LogP contribution in [0.25, 0.3) is 0 Å². The zero-order chi connectivity index (χ0) is 16.8. The smallest absolute Gasteiger partial charge is 0.217 e. The zero-order valence-corrected chi connectivity index (χ0v) is 14.5. The lowest BCUT2D eigenvalue weighted by atomic mass is 10.1. The van der Waals surface area contributed by atoms with E-state index in [1.165, 1.54) is 5.56 Å². The first-order valence-corrected chi connectivity index (χ1v) is 8.65. The molecule has 0 fully saturated rings. The number of rotatable bonds is 14. The Bertz CT molecular complexity index is 399. The second-order valence-electron chi connectivity index (χ2n) is 5.41. The van der Waals surface area contributed by atoms with Crippen molar-refractivity contribution in [3.63, 3.8) is 0 Å². The Morgan fingerprint density at radius 3 is 2.26 bits per heavy atom. The standard InChI is InChI=1S/C19H30O4/c1-3-22-19(23-4-2)18(20)14-10-5-6-11-15-21-16-17-12-8-7-9-13-17/h7-9,12-13,19H,3-6,10-11,14-16H2,1-2H3. The average Bonchev–Trinajstić information content (AvgIpc) is 2.57. The molecule has 0 heterocycles. The van der Waals surface area contributed by atoms with Crippen LogP contribution in [0.4, 0.5) is 0 Å². The summed E-state index contributed by atoms with van der Waals surface area (Å²) in [6, 6.07) is 10.2. The van der Waals surface area contributed by atoms with Crippen molar-refractivity contribution in [3.8, 4) is 0 Å². The van der Waals surface area contributed by atoms with Crippen LogP contribution in [-0.2, 0) is 25.6 Å². The van der Waals surface area contributed by atoms with E-state index >= 15 is 0 Å². The summed E-state index contributed by atoms with van der Waals surface area (Å²) in [5, 5.41) is 0. The second kappa shape index (κ2) is 13.2. The van der Waals surface area contributed by atoms with E-state index in [4.69, 9.17) is 14.2 Å². The minimum atomic E-state index is -0.681. The molecule has 0 amide bonds. The van der Waals surface area contributed by atoms with Crippen molar-refractivity contribution in [1.82, 2.24) is 0 Å². The monoisotopic (exact) mass is 322 g/mol. The first kappa shape index (κ1) is 19.8. The van der Waals surface area contributed by atoms with Crippen molar-refractivity contribution in [2.75, 3.05) is 19.8 Å². The number of hydrogen-bond donors (Lipinski definition) is 0. The fraction of sp³-hybridized carbons (Fsp3) is 0.632. The Balaban J connectivity index is 1.99. The molecule has 1 aromatic rings. The number of ketones is 1. The summed E-state index contributed by atoms with van der Waals surface area (Å²) >= 11 is 0. The van der Waals surface area contributed by atoms with Gasteiger partial charge >= 0.3 is 0 Å². The van der Waals surface area contributed by atoms with Gasteiger partial charge in [-0.05, 0) is 32.3 Å². The Kier molecular flexibility index (Phi) is 11.4. The molecule has 0 unspecified atom stereocenters. The summed E-state index contributed by atoms with van der Waals surface area (Å²) < 4.78 is 16.3. The van der Waals surface area contributed by atoms with Gasteiger partial charge in [0, 0.05) is 26.2 Å². The van der Waals surface area contributed by atoms with E-state index in [0.29, 0.717) is 26.2 Å². The maximum absolute atomic E-state index is 11.9. The van der Waals surface area contributed by atoms with E-state index in [1.807, 2.05) is 32.0 Å². The fourth-order valence-corrected chi connectivity index (χ4v) is 2.28. The summed E-state index contributed by atoms with van der Waals surface area (Å²) in [6.45, 7) is 6.17. The maximum atomic E-state index is 11.9. The molecule has 4 heteroatoms. The van der Waals surface area contributed by atoms with Crippen LogP contribution in [0.3, 0.4) is 0 Å². The van der Waals surface area contributed by atoms with Gasteiger partial charge in [-0.25, -0.2) is 0 Å². The van der Waals surface area contributed by atoms with Gasteiger partial charge in [-0.15, -0.1) is 0 Å². The lowest BCUT2D eigenvalue weighted by molar-refractivity contribution is -0.168. The van der Waals surface area contributed by atoms with Crippen molar-refractivity contribution in [2.45, 2.75) is 58.8 Å². The van der Waals surface area contributed by atoms with Gasteiger partial charge in [0.1, 0.15) is 0 Å². The Labute approximate surface area is 140 Å². The van der Waals surface area contributed by atoms with Gasteiger partial charge in [0.25, 0.3) is 0 Å². The number of unbranched alkanes of at least 4 members (excludes halogenated alkanes) is 3. The lowest BCUT2D eigenvalue weighted by Gasteiger charge is -2.15. The summed E-state index contributed by atoms with van der Waals surface area (Å²) in [5.41, 5.74) is 1.20. The molecule has 0 spiro atoms. The summed E-state index contributed by atoms with van der Waals surface area (Å²) in [4.78, 5) is 11.9. The third-order valence-corrected chi connectivity index (χ3v) is 3.47. The van der Waals surface area contributed by atoms with Gasteiger partial charge in [-0.2, -0.15) is 0 Å². The van der Waals surface area contributed by atoms with Crippen LogP contribution in [0.15, 0.2) is 30.3 Å². The molecule has 0 aliphatic rings. The van der Waals surface area contributed by atoms with Crippen molar-refractivity contribution >= 4 is 5.78 Å². The molecule has 0 bridgehead atoms. The summed E-state index contributed by atoms with van der Waals surface area (Å²) in [7, 11) is 0. The first-order valence-electron chi connectivity index (χ1n) is 8.65. The molecule has 0 saturated heterocycles. The number of carbonyl (C=O) groups excluding carboxylic acids is 1. The SMILES string of the molecule is CCOC(OCC)C(=O)CCCCCCOCc1ccccc1. The first-order chi connectivity index (χ1) is 11.3. The third-order valence-electron chi connectivity index (χ3n) is 3.47. The molecule has 0 atom stereocenters. The van der Waals surface area contributed by atoms with E-state index in [9.17, 15) is 4.79 Å². The molecule has 0 radical (unpaired) electrons. The van der Waals surface area contributed by atoms with Crippen LogP contribution in [0, 0.1) is 0 Å². The van der Waals surface area contributed by atoms with Crippen LogP contribution in [-0.4, -0.2) is 31.9 Å². The van der Waals surface area contributed by atoms with Crippen molar-refractivity contribution in [3.05, 3.63) is 35.9 Å². The highest BCUT2D eigenvalue weighted by Crippen LogP contribution is 2.09. The summed E-state index contributed by atoms with van der Waals surface area (Å²) in [6.07, 6.45) is 3.87. The number of ether oxygens (including phenoxy) is 3. The Morgan fingerprint density at radius 1 is 0.957 bits per heavy atom. The third kappa shape index (κ3) is 9.49. The van der Waals surface area contributed by atoms with Gasteiger partial charge in [0.05, 0.1) is 6.61 Å². The van der Waals surface area contributed by atoms with Crippen LogP contribution in [0.2, 0.25) is 0 Å². The van der Waals surface area contributed by atoms with Crippen LogP contribution in [0.1, 0.15) is 51.5 Å². The van der Waals surface area contributed by atoms with Crippen LogP contribution in [0.5, 0.6) is 0 Å². The van der Waals surface area contributed by atoms with Gasteiger partial charge < -0.3 is 14.2 Å². The molecular weight excluding hydrogens is 292 g/mol. The van der Waals surface area contributed by atoms with Crippen molar-refractivity contribution < 1.29 is 19.0 Å². The highest BCUT2D eigenvalue weighted by Gasteiger charge is 2.17. The summed E-state index contributed by atoms with van der Waals surface area (Å²) in [5.74, 6) is 0.0500. The predicted octanol–water partition coefficient (Wildman–Crippen LogP) is 4.12. The lowest BCUT2D eigenvalue weighted by Crippen LogP contribution is -2.27. The molecule has 0 N–H and O–H groups in total. The van der Waals surface area contributed by atoms with E-state index in [1.54, 1.807) is 0 Å². The predicted molar refractivity (Wildman–Crippen MR) is 91.2 cm³/mol. The van der Waals surface area contributed by atoms with Crippen LogP contribution < -0.4 is 0 Å². The molecule has 1 aromatic carbocycles. The van der Waals surface area contributed by atoms with Crippen molar-refractivity contribution in [1.29, 1.82) is 0 Å². The number of carbonyl (C=O) groups is 1. The van der Waals surface area contributed by atoms with Gasteiger partial charge in [0.2, 0.25) is 6.29 Å². The molecule has 23 heavy (non-hydrogen) atoms. The Hall–Kier alpha value is -1.23. The van der Waals surface area contributed by atoms with Gasteiger partial charge in [-0.1, -0.05) is 43.2 Å². The molecule has 0 saturated carbocycles. The van der Waals surface area contributed by atoms with Gasteiger partial charge in [-0.3, -0.25) is 4.79 Å². The largest absolute Gasteiger partial charge is 0.377 e. The van der Waals surface area contributed by atoms with Gasteiger partial charge in [0.15, 0.2) is 5.78 Å².